The average molecular weight is 669 g/mol. The van der Waals surface area contributed by atoms with Crippen LogP contribution in [0, 0.1) is 25.5 Å². The molecule has 6 atom stereocenters. The van der Waals surface area contributed by atoms with Gasteiger partial charge in [-0.2, -0.15) is 23.4 Å². The molecule has 10 nitrogen and oxygen atoms in total. The molecule has 0 radical (unpaired) electrons. The van der Waals surface area contributed by atoms with Crippen molar-refractivity contribution >= 4 is 33.2 Å². The number of aryl methyl sites for hydroxylation is 2. The lowest BCUT2D eigenvalue weighted by atomic mass is 9.91. The monoisotopic (exact) mass is 668 g/mol. The van der Waals surface area contributed by atoms with Gasteiger partial charge in [0.15, 0.2) is 17.5 Å². The van der Waals surface area contributed by atoms with Crippen LogP contribution in [0.25, 0.3) is 27.0 Å². The largest absolute Gasteiger partial charge is 0.418 e. The molecule has 7 rings (SSSR count). The summed E-state index contributed by atoms with van der Waals surface area (Å²) in [6.07, 6.45) is -8.36. The predicted molar refractivity (Wildman–Crippen MR) is 150 cm³/mol. The summed E-state index contributed by atoms with van der Waals surface area (Å²) in [7, 11) is 0. The first kappa shape index (κ1) is 30.1. The van der Waals surface area contributed by atoms with Crippen LogP contribution in [0.15, 0.2) is 36.7 Å². The fourth-order valence-electron chi connectivity index (χ4n) is 5.90. The molecule has 0 spiro atoms. The number of alkyl halides is 3. The van der Waals surface area contributed by atoms with E-state index in [9.17, 15) is 27.8 Å². The van der Waals surface area contributed by atoms with E-state index < -0.39 is 65.6 Å². The standard InChI is InChI=1S/C28H22ClF5N6O4S/c1-10-36-27(40(38-10)17-5-13(29)3-4-15(17)28(32,33)34)25-22(42)21(24-23(44-25)18(41)9-43-24)39-8-12(7-35-39)14-6-16-26(20(31)19(14)30)45-11(2)37-16/h3-8,18,21-25,41-42H,9H2,1-2H3/t18?,21?,22?,23?,24-,25?/m1/s1. The molecule has 0 bridgehead atoms. The van der Waals surface area contributed by atoms with Crippen LogP contribution in [0.5, 0.6) is 0 Å². The number of benzene rings is 2. The number of hydrogen-bond acceptors (Lipinski definition) is 9. The lowest BCUT2D eigenvalue weighted by molar-refractivity contribution is -0.196. The third-order valence-electron chi connectivity index (χ3n) is 7.84. The number of hydrogen-bond donors (Lipinski definition) is 2. The summed E-state index contributed by atoms with van der Waals surface area (Å²) in [5.74, 6) is -2.28. The molecule has 5 heterocycles. The van der Waals surface area contributed by atoms with Gasteiger partial charge in [-0.15, -0.1) is 11.3 Å². The molecule has 17 heteroatoms. The van der Waals surface area contributed by atoms with Gasteiger partial charge < -0.3 is 19.7 Å². The Morgan fingerprint density at radius 3 is 2.60 bits per heavy atom. The Bertz CT molecular complexity index is 1950. The molecule has 5 unspecified atom stereocenters. The molecule has 2 saturated heterocycles. The molecule has 0 saturated carbocycles. The first-order valence-corrected chi connectivity index (χ1v) is 14.7. The maximum absolute atomic E-state index is 15.2. The third kappa shape index (κ3) is 4.99. The van der Waals surface area contributed by atoms with Crippen LogP contribution in [0.1, 0.15) is 34.4 Å². The minimum Gasteiger partial charge on any atom is -0.388 e. The minimum atomic E-state index is -4.79. The van der Waals surface area contributed by atoms with Crippen LogP contribution < -0.4 is 0 Å². The van der Waals surface area contributed by atoms with Crippen molar-refractivity contribution in [3.63, 3.8) is 0 Å². The Kier molecular flexibility index (Phi) is 7.22. The van der Waals surface area contributed by atoms with Gasteiger partial charge in [-0.25, -0.2) is 23.4 Å². The van der Waals surface area contributed by atoms with Crippen molar-refractivity contribution in [3.05, 3.63) is 75.5 Å². The number of fused-ring (bicyclic) bond motifs is 2. The first-order valence-electron chi connectivity index (χ1n) is 13.6. The molecule has 236 valence electrons. The van der Waals surface area contributed by atoms with Gasteiger partial charge in [-0.3, -0.25) is 4.68 Å². The van der Waals surface area contributed by atoms with E-state index in [1.807, 2.05) is 0 Å². The number of ether oxygens (including phenoxy) is 2. The van der Waals surface area contributed by atoms with Crippen molar-refractivity contribution in [1.29, 1.82) is 0 Å². The molecule has 2 aromatic carbocycles. The maximum atomic E-state index is 15.2. The van der Waals surface area contributed by atoms with Gasteiger partial charge >= 0.3 is 6.18 Å². The van der Waals surface area contributed by atoms with E-state index in [2.05, 4.69) is 20.2 Å². The first-order chi connectivity index (χ1) is 21.3. The van der Waals surface area contributed by atoms with Crippen LogP contribution in [0.4, 0.5) is 22.0 Å². The summed E-state index contributed by atoms with van der Waals surface area (Å²) in [6.45, 7) is 2.96. The minimum absolute atomic E-state index is 0.00138. The van der Waals surface area contributed by atoms with Gasteiger partial charge in [0.05, 0.1) is 39.3 Å². The highest BCUT2D eigenvalue weighted by Gasteiger charge is 2.54. The zero-order valence-corrected chi connectivity index (χ0v) is 24.8. The summed E-state index contributed by atoms with van der Waals surface area (Å²) >= 11 is 7.09. The van der Waals surface area contributed by atoms with E-state index in [1.165, 1.54) is 30.1 Å². The van der Waals surface area contributed by atoms with Crippen molar-refractivity contribution in [2.24, 2.45) is 0 Å². The smallest absolute Gasteiger partial charge is 0.388 e. The highest BCUT2D eigenvalue weighted by molar-refractivity contribution is 7.18. The van der Waals surface area contributed by atoms with E-state index in [1.54, 1.807) is 6.92 Å². The summed E-state index contributed by atoms with van der Waals surface area (Å²) in [4.78, 5) is 8.55. The number of aliphatic hydroxyl groups is 2. The molecule has 0 amide bonds. The van der Waals surface area contributed by atoms with Crippen LogP contribution in [0.2, 0.25) is 5.02 Å². The summed E-state index contributed by atoms with van der Waals surface area (Å²) in [6, 6.07) is 3.26. The summed E-state index contributed by atoms with van der Waals surface area (Å²) < 4.78 is 86.2. The van der Waals surface area contributed by atoms with E-state index in [0.29, 0.717) is 5.01 Å². The van der Waals surface area contributed by atoms with Gasteiger partial charge in [-0.05, 0) is 38.1 Å². The number of halogens is 6. The highest BCUT2D eigenvalue weighted by Crippen LogP contribution is 2.44. The molecule has 5 aromatic rings. The normalized spacial score (nSPS) is 25.3. The number of thiazole rings is 1. The summed E-state index contributed by atoms with van der Waals surface area (Å²) in [5.41, 5.74) is -1.19. The Morgan fingerprint density at radius 1 is 1.07 bits per heavy atom. The topological polar surface area (TPSA) is 120 Å². The Balaban J connectivity index is 1.32. The molecular weight excluding hydrogens is 647 g/mol. The number of nitrogens with zero attached hydrogens (tertiary/aromatic N) is 6. The van der Waals surface area contributed by atoms with E-state index in [4.69, 9.17) is 21.1 Å². The van der Waals surface area contributed by atoms with Crippen LogP contribution in [-0.2, 0) is 15.7 Å². The van der Waals surface area contributed by atoms with Crippen molar-refractivity contribution in [1.82, 2.24) is 29.5 Å². The molecule has 2 aliphatic rings. The molecule has 2 aliphatic heterocycles. The summed E-state index contributed by atoms with van der Waals surface area (Å²) in [5, 5.41) is 31.5. The highest BCUT2D eigenvalue weighted by atomic mass is 35.5. The Morgan fingerprint density at radius 2 is 1.84 bits per heavy atom. The van der Waals surface area contributed by atoms with E-state index in [-0.39, 0.29) is 44.6 Å². The second-order valence-corrected chi connectivity index (χ2v) is 12.4. The number of aromatic nitrogens is 6. The van der Waals surface area contributed by atoms with Crippen molar-refractivity contribution < 1.29 is 41.6 Å². The molecule has 0 aliphatic carbocycles. The van der Waals surface area contributed by atoms with Crippen molar-refractivity contribution in [2.75, 3.05) is 6.61 Å². The lowest BCUT2D eigenvalue weighted by Crippen LogP contribution is -2.52. The molecular formula is C28H22ClF5N6O4S. The van der Waals surface area contributed by atoms with E-state index in [0.717, 1.165) is 34.2 Å². The number of aliphatic hydroxyl groups excluding tert-OH is 2. The van der Waals surface area contributed by atoms with Crippen molar-refractivity contribution in [3.8, 4) is 16.8 Å². The second-order valence-electron chi connectivity index (χ2n) is 10.8. The zero-order valence-electron chi connectivity index (χ0n) is 23.2. The predicted octanol–water partition coefficient (Wildman–Crippen LogP) is 5.11. The molecule has 45 heavy (non-hydrogen) atoms. The van der Waals surface area contributed by atoms with Gasteiger partial charge in [0.2, 0.25) is 0 Å². The fraction of sp³-hybridized carbons (Fsp3) is 0.357. The maximum Gasteiger partial charge on any atom is 0.418 e. The molecule has 2 fully saturated rings. The van der Waals surface area contributed by atoms with Gasteiger partial charge in [0.1, 0.15) is 42.4 Å². The van der Waals surface area contributed by atoms with Crippen LogP contribution >= 0.6 is 22.9 Å². The second kappa shape index (κ2) is 10.8. The lowest BCUT2D eigenvalue weighted by Gasteiger charge is -2.41. The molecule has 3 aromatic heterocycles. The Hall–Kier alpha value is -3.54. The van der Waals surface area contributed by atoms with Gasteiger partial charge in [0.25, 0.3) is 0 Å². The quantitative estimate of drug-likeness (QED) is 0.254. The molecule has 2 N–H and O–H groups in total. The van der Waals surface area contributed by atoms with Gasteiger partial charge in [0, 0.05) is 22.3 Å². The zero-order chi connectivity index (χ0) is 31.9. The van der Waals surface area contributed by atoms with Crippen LogP contribution in [0.3, 0.4) is 0 Å². The number of rotatable bonds is 4. The van der Waals surface area contributed by atoms with Gasteiger partial charge in [-0.1, -0.05) is 11.6 Å². The Labute approximate surface area is 259 Å². The van der Waals surface area contributed by atoms with Crippen LogP contribution in [-0.4, -0.2) is 70.8 Å². The average Bonchev–Trinajstić information content (AvgIpc) is 3.76. The SMILES string of the molecule is Cc1nc(C2OC3C(O)CO[C@@H]3C(n3cc(-c4cc5nc(C)sc5c(F)c4F)cn3)C2O)n(-c2cc(Cl)ccc2C(F)(F)F)n1. The van der Waals surface area contributed by atoms with Crippen molar-refractivity contribution in [2.45, 2.75) is 56.6 Å². The van der Waals surface area contributed by atoms with E-state index >= 15 is 4.39 Å². The fourth-order valence-corrected chi connectivity index (χ4v) is 6.90. The third-order valence-corrected chi connectivity index (χ3v) is 9.05.